The van der Waals surface area contributed by atoms with Gasteiger partial charge in [0.2, 0.25) is 0 Å². The van der Waals surface area contributed by atoms with Crippen molar-refractivity contribution in [2.45, 2.75) is 12.5 Å². The van der Waals surface area contributed by atoms with Crippen LogP contribution in [0.4, 0.5) is 5.69 Å². The zero-order chi connectivity index (χ0) is 12.9. The Morgan fingerprint density at radius 3 is 1.94 bits per heavy atom. The van der Waals surface area contributed by atoms with Crippen LogP contribution in [0.15, 0.2) is 24.3 Å². The Morgan fingerprint density at radius 1 is 1.12 bits per heavy atom. The summed E-state index contributed by atoms with van der Waals surface area (Å²) in [6.07, 6.45) is 0. The number of anilines is 1. The highest BCUT2D eigenvalue weighted by Crippen LogP contribution is 2.16. The van der Waals surface area contributed by atoms with E-state index < -0.39 is 25.4 Å². The predicted molar refractivity (Wildman–Crippen MR) is 64.1 cm³/mol. The quantitative estimate of drug-likeness (QED) is 0.525. The van der Waals surface area contributed by atoms with Crippen molar-refractivity contribution >= 4 is 11.5 Å². The number of ketones is 1. The molecule has 1 aromatic rings. The molecule has 0 saturated heterocycles. The van der Waals surface area contributed by atoms with Crippen molar-refractivity contribution in [1.29, 1.82) is 0 Å². The smallest absolute Gasteiger partial charge is 0.159 e. The molecule has 4 N–H and O–H groups in total. The van der Waals surface area contributed by atoms with E-state index >= 15 is 0 Å². The lowest BCUT2D eigenvalue weighted by Gasteiger charge is -2.29. The number of carbonyl (C=O) groups is 1. The molecular formula is C12H17NO4. The Balaban J connectivity index is 2.84. The lowest BCUT2D eigenvalue weighted by Crippen LogP contribution is -2.49. The fourth-order valence-electron chi connectivity index (χ4n) is 1.36. The maximum Gasteiger partial charge on any atom is 0.159 e. The van der Waals surface area contributed by atoms with Crippen molar-refractivity contribution in [3.8, 4) is 0 Å². The van der Waals surface area contributed by atoms with E-state index in [0.717, 1.165) is 0 Å². The first-order chi connectivity index (χ1) is 8.06. The van der Waals surface area contributed by atoms with E-state index in [0.29, 0.717) is 11.3 Å². The van der Waals surface area contributed by atoms with Crippen LogP contribution in [0.1, 0.15) is 17.3 Å². The normalized spacial score (nSPS) is 11.3. The molecule has 1 rings (SSSR count). The van der Waals surface area contributed by atoms with E-state index in [2.05, 4.69) is 5.32 Å². The molecule has 0 amide bonds. The van der Waals surface area contributed by atoms with E-state index in [1.807, 2.05) is 0 Å². The molecule has 5 heteroatoms. The van der Waals surface area contributed by atoms with Crippen LogP contribution in [0.25, 0.3) is 0 Å². The van der Waals surface area contributed by atoms with Crippen LogP contribution < -0.4 is 5.32 Å². The van der Waals surface area contributed by atoms with Crippen molar-refractivity contribution in [2.24, 2.45) is 0 Å². The third-order valence-electron chi connectivity index (χ3n) is 2.61. The first kappa shape index (κ1) is 13.6. The van der Waals surface area contributed by atoms with Gasteiger partial charge in [0.05, 0.1) is 19.8 Å². The molecule has 0 aliphatic rings. The molecule has 0 fully saturated rings. The summed E-state index contributed by atoms with van der Waals surface area (Å²) in [5.74, 6) is -0.0331. The number of Topliss-reactive ketones (excluding diaryl/α,β-unsaturated/α-hetero) is 1. The van der Waals surface area contributed by atoms with Crippen LogP contribution >= 0.6 is 0 Å². The Bertz CT molecular complexity index is 362. The van der Waals surface area contributed by atoms with Gasteiger partial charge in [-0.3, -0.25) is 4.79 Å². The van der Waals surface area contributed by atoms with Gasteiger partial charge in [-0.1, -0.05) is 0 Å². The first-order valence-electron chi connectivity index (χ1n) is 5.28. The molecule has 0 heterocycles. The summed E-state index contributed by atoms with van der Waals surface area (Å²) in [5, 5.41) is 30.3. The Morgan fingerprint density at radius 2 is 1.59 bits per heavy atom. The number of carbonyl (C=O) groups excluding carboxylic acids is 1. The third-order valence-corrected chi connectivity index (χ3v) is 2.61. The second-order valence-corrected chi connectivity index (χ2v) is 4.01. The molecule has 94 valence electrons. The van der Waals surface area contributed by atoms with Gasteiger partial charge in [-0.25, -0.2) is 0 Å². The minimum absolute atomic E-state index is 0.0331. The number of rotatable bonds is 6. The number of nitrogens with one attached hydrogen (secondary N) is 1. The molecule has 1 aromatic carbocycles. The SMILES string of the molecule is CC(=O)c1ccc(NC(CO)(CO)CO)cc1. The van der Waals surface area contributed by atoms with Gasteiger partial charge in [-0.05, 0) is 31.2 Å². The Hall–Kier alpha value is -1.43. The molecule has 0 unspecified atom stereocenters. The van der Waals surface area contributed by atoms with Gasteiger partial charge in [0.15, 0.2) is 5.78 Å². The molecule has 0 radical (unpaired) electrons. The van der Waals surface area contributed by atoms with Gasteiger partial charge in [-0.15, -0.1) is 0 Å². The minimum atomic E-state index is -1.16. The standard InChI is InChI=1S/C12H17NO4/c1-9(17)10-2-4-11(5-3-10)13-12(6-14,7-15)8-16/h2-5,13-16H,6-8H2,1H3. The van der Waals surface area contributed by atoms with Gasteiger partial charge >= 0.3 is 0 Å². The summed E-state index contributed by atoms with van der Waals surface area (Å²) in [5.41, 5.74) is 0.0443. The van der Waals surface area contributed by atoms with E-state index in [1.54, 1.807) is 24.3 Å². The topological polar surface area (TPSA) is 89.8 Å². The lowest BCUT2D eigenvalue weighted by atomic mass is 10.0. The number of benzene rings is 1. The first-order valence-corrected chi connectivity index (χ1v) is 5.28. The molecule has 0 aliphatic heterocycles. The predicted octanol–water partition coefficient (Wildman–Crippen LogP) is 0.0168. The van der Waals surface area contributed by atoms with Crippen molar-refractivity contribution in [3.05, 3.63) is 29.8 Å². The Labute approximate surface area is 99.7 Å². The molecule has 0 bridgehead atoms. The minimum Gasteiger partial charge on any atom is -0.394 e. The van der Waals surface area contributed by atoms with Gasteiger partial charge in [0.1, 0.15) is 5.54 Å². The zero-order valence-electron chi connectivity index (χ0n) is 9.68. The maximum atomic E-state index is 11.1. The molecule has 0 aliphatic carbocycles. The summed E-state index contributed by atoms with van der Waals surface area (Å²) in [6, 6.07) is 6.60. The molecule has 0 saturated carbocycles. The molecule has 0 spiro atoms. The second-order valence-electron chi connectivity index (χ2n) is 4.01. The summed E-state index contributed by atoms with van der Waals surface area (Å²) in [4.78, 5) is 11.1. The van der Waals surface area contributed by atoms with Crippen molar-refractivity contribution in [3.63, 3.8) is 0 Å². The van der Waals surface area contributed by atoms with Gasteiger partial charge < -0.3 is 20.6 Å². The molecule has 0 atom stereocenters. The fraction of sp³-hybridized carbons (Fsp3) is 0.417. The van der Waals surface area contributed by atoms with Crippen molar-refractivity contribution in [1.82, 2.24) is 0 Å². The Kier molecular flexibility index (Phi) is 4.62. The van der Waals surface area contributed by atoms with Crippen LogP contribution in [0.2, 0.25) is 0 Å². The third kappa shape index (κ3) is 3.26. The molecule has 5 nitrogen and oxygen atoms in total. The highest BCUT2D eigenvalue weighted by Gasteiger charge is 2.27. The second kappa shape index (κ2) is 5.77. The highest BCUT2D eigenvalue weighted by atomic mass is 16.3. The monoisotopic (exact) mass is 239 g/mol. The number of aliphatic hydroxyl groups excluding tert-OH is 3. The largest absolute Gasteiger partial charge is 0.394 e. The molecule has 0 aromatic heterocycles. The van der Waals surface area contributed by atoms with Crippen molar-refractivity contribution < 1.29 is 20.1 Å². The lowest BCUT2D eigenvalue weighted by molar-refractivity contribution is 0.0833. The van der Waals surface area contributed by atoms with E-state index in [1.165, 1.54) is 6.92 Å². The average molecular weight is 239 g/mol. The van der Waals surface area contributed by atoms with Crippen molar-refractivity contribution in [2.75, 3.05) is 25.1 Å². The van der Waals surface area contributed by atoms with E-state index in [9.17, 15) is 4.79 Å². The zero-order valence-corrected chi connectivity index (χ0v) is 9.68. The average Bonchev–Trinajstić information content (AvgIpc) is 2.37. The fourth-order valence-corrected chi connectivity index (χ4v) is 1.36. The number of hydrogen-bond donors (Lipinski definition) is 4. The molecular weight excluding hydrogens is 222 g/mol. The van der Waals surface area contributed by atoms with Gasteiger partial charge in [0.25, 0.3) is 0 Å². The number of hydrogen-bond acceptors (Lipinski definition) is 5. The van der Waals surface area contributed by atoms with Crippen LogP contribution in [0.3, 0.4) is 0 Å². The van der Waals surface area contributed by atoms with Gasteiger partial charge in [-0.2, -0.15) is 0 Å². The maximum absolute atomic E-state index is 11.1. The summed E-state index contributed by atoms with van der Waals surface area (Å²) in [7, 11) is 0. The molecule has 17 heavy (non-hydrogen) atoms. The number of aliphatic hydroxyl groups is 3. The highest BCUT2D eigenvalue weighted by molar-refractivity contribution is 5.94. The van der Waals surface area contributed by atoms with Crippen LogP contribution in [-0.2, 0) is 0 Å². The van der Waals surface area contributed by atoms with E-state index in [-0.39, 0.29) is 5.78 Å². The summed E-state index contributed by atoms with van der Waals surface area (Å²) >= 11 is 0. The van der Waals surface area contributed by atoms with Crippen LogP contribution in [0, 0.1) is 0 Å². The summed E-state index contributed by atoms with van der Waals surface area (Å²) < 4.78 is 0. The van der Waals surface area contributed by atoms with E-state index in [4.69, 9.17) is 15.3 Å². The van der Waals surface area contributed by atoms with Crippen LogP contribution in [-0.4, -0.2) is 46.5 Å². The van der Waals surface area contributed by atoms with Crippen LogP contribution in [0.5, 0.6) is 0 Å². The summed E-state index contributed by atoms with van der Waals surface area (Å²) in [6.45, 7) is 0.291. The van der Waals surface area contributed by atoms with Gasteiger partial charge in [0, 0.05) is 11.3 Å².